The fraction of sp³-hybridized carbons (Fsp3) is 0.648. The van der Waals surface area contributed by atoms with Crippen LogP contribution in [0.15, 0.2) is 60.2 Å². The molecule has 77 heavy (non-hydrogen) atoms. The van der Waals surface area contributed by atoms with Crippen LogP contribution < -0.4 is 43.0 Å². The molecule has 0 radical (unpaired) electrons. The van der Waals surface area contributed by atoms with Gasteiger partial charge in [-0.1, -0.05) is 79.1 Å². The number of carbonyl (C=O) groups excluding carboxylic acids is 7. The molecule has 2 saturated heterocycles. The lowest BCUT2D eigenvalue weighted by Crippen LogP contribution is -2.57. The number of hydrogen-bond acceptors (Lipinski definition) is 16. The Morgan fingerprint density at radius 3 is 2.30 bits per heavy atom. The molecule has 432 valence electrons. The number of hydrogen-bond donors (Lipinski definition) is 11. The molecule has 0 bridgehead atoms. The minimum Gasteiger partial charge on any atom is -0.459 e. The maximum absolute atomic E-state index is 13.6. The molecule has 12 unspecified atom stereocenters. The van der Waals surface area contributed by atoms with Gasteiger partial charge >= 0.3 is 12.1 Å². The van der Waals surface area contributed by atoms with Gasteiger partial charge in [0.1, 0.15) is 37.0 Å². The van der Waals surface area contributed by atoms with Crippen LogP contribution in [0.25, 0.3) is 0 Å². The van der Waals surface area contributed by atoms with Crippen molar-refractivity contribution >= 4 is 63.2 Å². The zero-order chi connectivity index (χ0) is 57.2. The molecule has 1 aromatic rings. The van der Waals surface area contributed by atoms with Gasteiger partial charge in [-0.2, -0.15) is 0 Å². The van der Waals surface area contributed by atoms with E-state index < -0.39 is 72.3 Å². The topological polar surface area (TPSA) is 327 Å². The number of esters is 1. The summed E-state index contributed by atoms with van der Waals surface area (Å²) < 4.78 is 22.9. The number of carbonyl (C=O) groups is 7. The SMILES string of the molecule is CC(=O)OC(C)C=CC(=O)NC1CC(C)C(CC=C(C)C=CC2OC(CNC(=O)OCc3ccc(NC(=O)C(CCCNC(N)O)NC(=O)C(NC(=O)CCCCCNC(=O)CBr)C(C)C)cc3)CC(C)(O)C2O)OC1C. The van der Waals surface area contributed by atoms with Crippen LogP contribution in [0.4, 0.5) is 10.5 Å². The highest BCUT2D eigenvalue weighted by Gasteiger charge is 2.44. The molecule has 2 heterocycles. The highest BCUT2D eigenvalue weighted by molar-refractivity contribution is 9.09. The number of ether oxygens (including phenoxy) is 4. The Labute approximate surface area is 461 Å². The molecule has 3 rings (SSSR count). The second-order valence-corrected chi connectivity index (χ2v) is 21.0. The summed E-state index contributed by atoms with van der Waals surface area (Å²) in [5.41, 5.74) is 5.75. The number of rotatable bonds is 30. The van der Waals surface area contributed by atoms with Gasteiger partial charge < -0.3 is 66.2 Å². The molecule has 12 N–H and O–H groups in total. The quantitative estimate of drug-likeness (QED) is 0.0132. The predicted molar refractivity (Wildman–Crippen MR) is 292 cm³/mol. The monoisotopic (exact) mass is 1150 g/mol. The molecule has 22 nitrogen and oxygen atoms in total. The van der Waals surface area contributed by atoms with Crippen LogP contribution in [0.1, 0.15) is 119 Å². The summed E-state index contributed by atoms with van der Waals surface area (Å²) in [5.74, 6) is -2.38. The van der Waals surface area contributed by atoms with Crippen LogP contribution in [0.3, 0.4) is 0 Å². The number of benzene rings is 1. The zero-order valence-electron chi connectivity index (χ0n) is 45.8. The Balaban J connectivity index is 1.50. The van der Waals surface area contributed by atoms with Crippen LogP contribution in [0, 0.1) is 11.8 Å². The van der Waals surface area contributed by atoms with Crippen molar-refractivity contribution in [2.45, 2.75) is 186 Å². The van der Waals surface area contributed by atoms with E-state index in [-0.39, 0.29) is 92.1 Å². The summed E-state index contributed by atoms with van der Waals surface area (Å²) in [4.78, 5) is 87.9. The van der Waals surface area contributed by atoms with Gasteiger partial charge in [-0.15, -0.1) is 0 Å². The molecule has 12 atom stereocenters. The van der Waals surface area contributed by atoms with E-state index in [2.05, 4.69) is 60.1 Å². The summed E-state index contributed by atoms with van der Waals surface area (Å²) in [6, 6.07) is 4.40. The first kappa shape index (κ1) is 66.0. The number of alkyl halides is 1. The minimum atomic E-state index is -1.52. The Kier molecular flexibility index (Phi) is 29.1. The third-order valence-electron chi connectivity index (χ3n) is 13.1. The molecule has 23 heteroatoms. The molecule has 1 aromatic carbocycles. The Hall–Kier alpha value is -5.27. The first-order chi connectivity index (χ1) is 36.4. The van der Waals surface area contributed by atoms with Crippen molar-refractivity contribution in [3.8, 4) is 0 Å². The summed E-state index contributed by atoms with van der Waals surface area (Å²) in [6.07, 6.45) is 6.73. The van der Waals surface area contributed by atoms with Gasteiger partial charge in [0.2, 0.25) is 29.5 Å². The number of aliphatic hydroxyl groups excluding tert-OH is 2. The van der Waals surface area contributed by atoms with Gasteiger partial charge in [-0.3, -0.25) is 39.8 Å². The van der Waals surface area contributed by atoms with Crippen LogP contribution >= 0.6 is 15.9 Å². The Morgan fingerprint density at radius 1 is 0.922 bits per heavy atom. The van der Waals surface area contributed by atoms with Crippen molar-refractivity contribution < 1.29 is 67.8 Å². The number of amides is 6. The third-order valence-corrected chi connectivity index (χ3v) is 13.6. The van der Waals surface area contributed by atoms with Crippen molar-refractivity contribution in [2.75, 3.05) is 30.3 Å². The van der Waals surface area contributed by atoms with Gasteiger partial charge in [0.15, 0.2) is 6.35 Å². The van der Waals surface area contributed by atoms with E-state index in [0.717, 1.165) is 5.57 Å². The number of halogens is 1. The summed E-state index contributed by atoms with van der Waals surface area (Å²) in [6.45, 7) is 14.6. The van der Waals surface area contributed by atoms with E-state index in [1.807, 2.05) is 19.9 Å². The van der Waals surface area contributed by atoms with Gasteiger partial charge in [-0.25, -0.2) is 4.79 Å². The van der Waals surface area contributed by atoms with Crippen molar-refractivity contribution in [1.82, 2.24) is 31.9 Å². The number of alkyl carbamates (subject to hydrolysis) is 1. The molecule has 2 aliphatic heterocycles. The molecular weight excluding hydrogens is 1060 g/mol. The fourth-order valence-electron chi connectivity index (χ4n) is 8.68. The zero-order valence-corrected chi connectivity index (χ0v) is 47.4. The number of nitrogens with two attached hydrogens (primary N) is 1. The maximum Gasteiger partial charge on any atom is 0.407 e. The number of anilines is 1. The number of unbranched alkanes of at least 4 members (excludes halogenated alkanes) is 2. The van der Waals surface area contributed by atoms with Crippen LogP contribution in [-0.4, -0.2) is 149 Å². The van der Waals surface area contributed by atoms with Gasteiger partial charge in [0.05, 0.1) is 35.3 Å². The molecule has 0 saturated carbocycles. The van der Waals surface area contributed by atoms with E-state index in [4.69, 9.17) is 24.7 Å². The third kappa shape index (κ3) is 25.4. The number of aliphatic hydroxyl groups is 3. The van der Waals surface area contributed by atoms with Gasteiger partial charge in [0, 0.05) is 44.6 Å². The lowest BCUT2D eigenvalue weighted by molar-refractivity contribution is -0.193. The second-order valence-electron chi connectivity index (χ2n) is 20.5. The summed E-state index contributed by atoms with van der Waals surface area (Å²) in [7, 11) is 0. The molecule has 0 aliphatic carbocycles. The van der Waals surface area contributed by atoms with Crippen molar-refractivity contribution in [3.05, 3.63) is 65.8 Å². The summed E-state index contributed by atoms with van der Waals surface area (Å²) in [5, 5.41) is 51.2. The molecule has 0 spiro atoms. The van der Waals surface area contributed by atoms with Crippen molar-refractivity contribution in [3.63, 3.8) is 0 Å². The van der Waals surface area contributed by atoms with Crippen molar-refractivity contribution in [1.29, 1.82) is 0 Å². The Morgan fingerprint density at radius 2 is 1.64 bits per heavy atom. The minimum absolute atomic E-state index is 0.0159. The standard InChI is InChI=1S/C54H85BrN8O14/c1-32(2)48(63-45(65)14-10-9-11-25-57-47(67)29-55)51(70)62-41(13-12-26-58-52(56)71)50(69)60-39-20-18-38(19-21-39)31-74-53(72)59-30-40-28-54(8,73)49(68)44(77-40)23-16-33(3)15-22-43-34(4)27-42(36(6)76-43)61-46(66)24-17-35(5)75-37(7)64/h15-21,23-24,32,34-36,40-44,48-49,52,58,68,71,73H,9-14,22,25-31,56H2,1-8H3,(H,57,67)(H,59,72)(H,60,69)(H,61,66)(H,62,70)(H,63,65). The Bertz CT molecular complexity index is 2160. The second kappa shape index (κ2) is 33.9. The van der Waals surface area contributed by atoms with Gasteiger partial charge in [-0.05, 0) is 108 Å². The number of nitrogens with one attached hydrogen (secondary N) is 7. The molecule has 2 fully saturated rings. The van der Waals surface area contributed by atoms with E-state index in [1.54, 1.807) is 57.2 Å². The normalized spacial score (nSPS) is 24.3. The van der Waals surface area contributed by atoms with Gasteiger partial charge in [0.25, 0.3) is 0 Å². The number of allylic oxidation sites excluding steroid dienone is 2. The fourth-order valence-corrected chi connectivity index (χ4v) is 8.87. The van der Waals surface area contributed by atoms with Crippen LogP contribution in [0.2, 0.25) is 0 Å². The van der Waals surface area contributed by atoms with E-state index in [1.165, 1.54) is 26.0 Å². The molecule has 0 aromatic heterocycles. The maximum atomic E-state index is 13.6. The highest BCUT2D eigenvalue weighted by Crippen LogP contribution is 2.31. The lowest BCUT2D eigenvalue weighted by atomic mass is 9.85. The first-order valence-corrected chi connectivity index (χ1v) is 27.6. The average molecular weight is 1150 g/mol. The average Bonchev–Trinajstić information content (AvgIpc) is 3.36. The van der Waals surface area contributed by atoms with Crippen LogP contribution in [0.5, 0.6) is 0 Å². The lowest BCUT2D eigenvalue weighted by Gasteiger charge is -2.42. The van der Waals surface area contributed by atoms with Crippen LogP contribution in [-0.2, 0) is 54.3 Å². The molecule has 2 aliphatic rings. The van der Waals surface area contributed by atoms with E-state index in [9.17, 15) is 48.9 Å². The predicted octanol–water partition coefficient (Wildman–Crippen LogP) is 3.12. The summed E-state index contributed by atoms with van der Waals surface area (Å²) >= 11 is 3.09. The molecule has 6 amide bonds. The molecular formula is C54H85BrN8O14. The van der Waals surface area contributed by atoms with Crippen molar-refractivity contribution in [2.24, 2.45) is 17.6 Å². The van der Waals surface area contributed by atoms with E-state index >= 15 is 0 Å². The smallest absolute Gasteiger partial charge is 0.407 e. The highest BCUT2D eigenvalue weighted by atomic mass is 79.9. The van der Waals surface area contributed by atoms with E-state index in [0.29, 0.717) is 56.3 Å². The largest absolute Gasteiger partial charge is 0.459 e. The first-order valence-electron chi connectivity index (χ1n) is 26.5.